The lowest BCUT2D eigenvalue weighted by molar-refractivity contribution is -0.120. The van der Waals surface area contributed by atoms with Gasteiger partial charge in [0, 0.05) is 15.6 Å². The first-order chi connectivity index (χ1) is 15.9. The minimum absolute atomic E-state index is 0.101. The van der Waals surface area contributed by atoms with Gasteiger partial charge in [0.15, 0.2) is 0 Å². The molecule has 0 fully saturated rings. The van der Waals surface area contributed by atoms with E-state index in [1.807, 2.05) is 6.92 Å². The zero-order valence-corrected chi connectivity index (χ0v) is 19.6. The lowest BCUT2D eigenvalue weighted by atomic mass is 10.2. The van der Waals surface area contributed by atoms with Gasteiger partial charge in [-0.25, -0.2) is 9.29 Å². The second kappa shape index (κ2) is 9.87. The van der Waals surface area contributed by atoms with Crippen LogP contribution in [0.3, 0.4) is 0 Å². The topological polar surface area (TPSA) is 58.6 Å². The van der Waals surface area contributed by atoms with Crippen molar-refractivity contribution < 1.29 is 18.7 Å². The highest BCUT2D eigenvalue weighted by Gasteiger charge is 2.40. The van der Waals surface area contributed by atoms with Gasteiger partial charge in [0.1, 0.15) is 22.2 Å². The SMILES string of the molecule is CCOc1ccc(NC2=C(Sc3ccc(Cl)cc3)C(=O)N(c3ccc(F)c(Cl)c3)C2=O)cc1. The summed E-state index contributed by atoms with van der Waals surface area (Å²) in [4.78, 5) is 28.5. The van der Waals surface area contributed by atoms with Crippen LogP contribution in [-0.4, -0.2) is 18.4 Å². The fraction of sp³-hybridized carbons (Fsp3) is 0.0833. The van der Waals surface area contributed by atoms with Crippen LogP contribution in [-0.2, 0) is 9.59 Å². The Morgan fingerprint density at radius 1 is 0.970 bits per heavy atom. The van der Waals surface area contributed by atoms with E-state index in [4.69, 9.17) is 27.9 Å². The van der Waals surface area contributed by atoms with Crippen LogP contribution in [0.25, 0.3) is 0 Å². The molecular formula is C24H17Cl2FN2O3S. The summed E-state index contributed by atoms with van der Waals surface area (Å²) >= 11 is 13.0. The van der Waals surface area contributed by atoms with Crippen LogP contribution in [0.4, 0.5) is 15.8 Å². The first-order valence-electron chi connectivity index (χ1n) is 9.88. The van der Waals surface area contributed by atoms with Gasteiger partial charge in [-0.05, 0) is 73.7 Å². The van der Waals surface area contributed by atoms with Crippen molar-refractivity contribution in [1.82, 2.24) is 0 Å². The average molecular weight is 503 g/mol. The fourth-order valence-corrected chi connectivity index (χ4v) is 4.37. The molecule has 1 N–H and O–H groups in total. The minimum Gasteiger partial charge on any atom is -0.494 e. The molecule has 9 heteroatoms. The summed E-state index contributed by atoms with van der Waals surface area (Å²) in [6, 6.07) is 17.6. The molecule has 3 aromatic carbocycles. The highest BCUT2D eigenvalue weighted by molar-refractivity contribution is 8.04. The first-order valence-corrected chi connectivity index (χ1v) is 11.5. The molecule has 0 spiro atoms. The molecule has 5 nitrogen and oxygen atoms in total. The number of ether oxygens (including phenoxy) is 1. The standard InChI is InChI=1S/C24H17Cl2FN2O3S/c1-2-32-17-8-5-15(6-9-17)28-21-22(33-18-10-3-14(25)4-11-18)24(31)29(23(21)30)16-7-12-20(27)19(26)13-16/h3-13,28H,2H2,1H3. The number of rotatable bonds is 7. The molecule has 1 heterocycles. The van der Waals surface area contributed by atoms with Crippen LogP contribution >= 0.6 is 35.0 Å². The zero-order valence-electron chi connectivity index (χ0n) is 17.3. The van der Waals surface area contributed by atoms with Crippen molar-refractivity contribution in [3.8, 4) is 5.75 Å². The monoisotopic (exact) mass is 502 g/mol. The van der Waals surface area contributed by atoms with E-state index in [0.29, 0.717) is 23.1 Å². The van der Waals surface area contributed by atoms with Crippen molar-refractivity contribution in [3.05, 3.63) is 93.2 Å². The van der Waals surface area contributed by atoms with Crippen LogP contribution in [0.2, 0.25) is 10.0 Å². The Morgan fingerprint density at radius 2 is 1.67 bits per heavy atom. The fourth-order valence-electron chi connectivity index (χ4n) is 3.14. The molecule has 168 valence electrons. The minimum atomic E-state index is -0.643. The summed E-state index contributed by atoms with van der Waals surface area (Å²) in [6.07, 6.45) is 0. The molecule has 0 saturated carbocycles. The van der Waals surface area contributed by atoms with Gasteiger partial charge in [0.2, 0.25) is 0 Å². The Kier molecular flexibility index (Phi) is 6.93. The van der Waals surface area contributed by atoms with E-state index in [2.05, 4.69) is 5.32 Å². The van der Waals surface area contributed by atoms with E-state index in [0.717, 1.165) is 27.6 Å². The van der Waals surface area contributed by atoms with Gasteiger partial charge >= 0.3 is 0 Å². The van der Waals surface area contributed by atoms with Gasteiger partial charge in [0.05, 0.1) is 17.3 Å². The Labute approximate surface area is 204 Å². The van der Waals surface area contributed by atoms with Crippen molar-refractivity contribution in [1.29, 1.82) is 0 Å². The van der Waals surface area contributed by atoms with Gasteiger partial charge in [-0.3, -0.25) is 9.59 Å². The number of carbonyl (C=O) groups excluding carboxylic acids is 2. The van der Waals surface area contributed by atoms with Crippen LogP contribution in [0.15, 0.2) is 82.2 Å². The van der Waals surface area contributed by atoms with Crippen LogP contribution in [0.1, 0.15) is 6.92 Å². The van der Waals surface area contributed by atoms with Crippen LogP contribution in [0.5, 0.6) is 5.75 Å². The molecule has 1 aliphatic heterocycles. The van der Waals surface area contributed by atoms with Crippen molar-refractivity contribution in [3.63, 3.8) is 0 Å². The van der Waals surface area contributed by atoms with Crippen molar-refractivity contribution in [2.75, 3.05) is 16.8 Å². The molecule has 0 bridgehead atoms. The van der Waals surface area contributed by atoms with Gasteiger partial charge < -0.3 is 10.1 Å². The third-order valence-electron chi connectivity index (χ3n) is 4.67. The molecule has 4 rings (SSSR count). The Balaban J connectivity index is 1.71. The molecular weight excluding hydrogens is 486 g/mol. The number of hydrogen-bond acceptors (Lipinski definition) is 5. The summed E-state index contributed by atoms with van der Waals surface area (Å²) in [5.74, 6) is -1.08. The third-order valence-corrected chi connectivity index (χ3v) is 6.30. The number of carbonyl (C=O) groups is 2. The maximum Gasteiger partial charge on any atom is 0.283 e. The maximum absolute atomic E-state index is 13.7. The predicted molar refractivity (Wildman–Crippen MR) is 129 cm³/mol. The Hall–Kier alpha value is -3.00. The Bertz CT molecular complexity index is 1250. The largest absolute Gasteiger partial charge is 0.494 e. The smallest absolute Gasteiger partial charge is 0.283 e. The number of benzene rings is 3. The number of nitrogens with one attached hydrogen (secondary N) is 1. The number of hydrogen-bond donors (Lipinski definition) is 1. The van der Waals surface area contributed by atoms with Crippen molar-refractivity contribution in [2.45, 2.75) is 11.8 Å². The van der Waals surface area contributed by atoms with E-state index in [1.165, 1.54) is 12.1 Å². The number of nitrogens with zero attached hydrogens (tertiary/aromatic N) is 1. The average Bonchev–Trinajstić information content (AvgIpc) is 3.02. The molecule has 0 unspecified atom stereocenters. The first kappa shape index (κ1) is 23.2. The van der Waals surface area contributed by atoms with Crippen molar-refractivity contribution >= 4 is 58.2 Å². The number of anilines is 2. The predicted octanol–water partition coefficient (Wildman–Crippen LogP) is 6.52. The highest BCUT2D eigenvalue weighted by Crippen LogP contribution is 2.39. The van der Waals surface area contributed by atoms with E-state index in [1.54, 1.807) is 48.5 Å². The molecule has 2 amide bonds. The van der Waals surface area contributed by atoms with Crippen molar-refractivity contribution in [2.24, 2.45) is 0 Å². The van der Waals surface area contributed by atoms with E-state index < -0.39 is 17.6 Å². The summed E-state index contributed by atoms with van der Waals surface area (Å²) in [7, 11) is 0. The number of thioether (sulfide) groups is 1. The molecule has 1 aliphatic rings. The Morgan fingerprint density at radius 3 is 2.30 bits per heavy atom. The number of halogens is 3. The summed E-state index contributed by atoms with van der Waals surface area (Å²) in [5, 5.41) is 3.42. The van der Waals surface area contributed by atoms with Crippen LogP contribution < -0.4 is 15.0 Å². The molecule has 33 heavy (non-hydrogen) atoms. The molecule has 0 aromatic heterocycles. The molecule has 0 radical (unpaired) electrons. The van der Waals surface area contributed by atoms with Crippen LogP contribution in [0, 0.1) is 5.82 Å². The molecule has 3 aromatic rings. The van der Waals surface area contributed by atoms with Gasteiger partial charge in [-0.15, -0.1) is 0 Å². The van der Waals surface area contributed by atoms with E-state index in [9.17, 15) is 14.0 Å². The lowest BCUT2D eigenvalue weighted by Gasteiger charge is -2.16. The van der Waals surface area contributed by atoms with Gasteiger partial charge in [-0.1, -0.05) is 35.0 Å². The van der Waals surface area contributed by atoms with Gasteiger partial charge in [0.25, 0.3) is 11.8 Å². The third kappa shape index (κ3) is 5.00. The summed E-state index contributed by atoms with van der Waals surface area (Å²) < 4.78 is 19.1. The van der Waals surface area contributed by atoms with E-state index >= 15 is 0 Å². The number of amides is 2. The van der Waals surface area contributed by atoms with E-state index in [-0.39, 0.29) is 21.3 Å². The normalized spacial score (nSPS) is 13.6. The second-order valence-corrected chi connectivity index (χ2v) is 8.81. The zero-order chi connectivity index (χ0) is 23.5. The molecule has 0 saturated heterocycles. The summed E-state index contributed by atoms with van der Waals surface area (Å²) in [6.45, 7) is 2.42. The second-order valence-electron chi connectivity index (χ2n) is 6.89. The summed E-state index contributed by atoms with van der Waals surface area (Å²) in [5.41, 5.74) is 0.876. The van der Waals surface area contributed by atoms with Gasteiger partial charge in [-0.2, -0.15) is 0 Å². The quantitative estimate of drug-likeness (QED) is 0.372. The lowest BCUT2D eigenvalue weighted by Crippen LogP contribution is -2.32. The molecule has 0 aliphatic carbocycles. The maximum atomic E-state index is 13.7. The molecule has 0 atom stereocenters. The highest BCUT2D eigenvalue weighted by atomic mass is 35.5. The number of imide groups is 1.